The van der Waals surface area contributed by atoms with Crippen LogP contribution in [0.15, 0.2) is 58.5 Å². The monoisotopic (exact) mass is 300 g/mol. The first kappa shape index (κ1) is 16.1. The lowest BCUT2D eigenvalue weighted by atomic mass is 10.1. The van der Waals surface area contributed by atoms with E-state index in [1.165, 1.54) is 0 Å². The van der Waals surface area contributed by atoms with Crippen LogP contribution in [0, 0.1) is 22.7 Å². The van der Waals surface area contributed by atoms with Gasteiger partial charge in [0.1, 0.15) is 6.17 Å². The SMILES string of the molecule is CCC(N=Cc1ccccc1C#N)N=Cc1ccccc1C#N. The third-order valence-corrected chi connectivity index (χ3v) is 3.30. The van der Waals surface area contributed by atoms with Crippen molar-refractivity contribution >= 4 is 12.4 Å². The lowest BCUT2D eigenvalue weighted by molar-refractivity contribution is 0.693. The summed E-state index contributed by atoms with van der Waals surface area (Å²) in [6.45, 7) is 1.99. The standard InChI is InChI=1S/C19H16N4/c1-2-19(22-13-17-9-5-3-7-15(17)11-20)23-14-18-10-6-4-8-16(18)12-21/h3-10,13-14,19H,2H2,1H3. The van der Waals surface area contributed by atoms with E-state index in [0.717, 1.165) is 17.5 Å². The molecular formula is C19H16N4. The fraction of sp³-hybridized carbons (Fsp3) is 0.158. The fourth-order valence-corrected chi connectivity index (χ4v) is 2.00. The van der Waals surface area contributed by atoms with Crippen molar-refractivity contribution in [2.75, 3.05) is 0 Å². The number of aliphatic imine (C=N–C) groups is 2. The molecule has 4 nitrogen and oxygen atoms in total. The molecule has 0 radical (unpaired) electrons. The van der Waals surface area contributed by atoms with Crippen molar-refractivity contribution < 1.29 is 0 Å². The van der Waals surface area contributed by atoms with Crippen molar-refractivity contribution in [3.63, 3.8) is 0 Å². The first-order chi connectivity index (χ1) is 11.3. The summed E-state index contributed by atoms with van der Waals surface area (Å²) < 4.78 is 0. The van der Waals surface area contributed by atoms with Crippen LogP contribution in [0.2, 0.25) is 0 Å². The first-order valence-corrected chi connectivity index (χ1v) is 7.33. The number of rotatable bonds is 5. The van der Waals surface area contributed by atoms with Gasteiger partial charge in [-0.2, -0.15) is 10.5 Å². The van der Waals surface area contributed by atoms with E-state index in [4.69, 9.17) is 10.5 Å². The summed E-state index contributed by atoms with van der Waals surface area (Å²) in [6.07, 6.45) is 3.85. The van der Waals surface area contributed by atoms with Crippen LogP contribution in [0.1, 0.15) is 35.6 Å². The lowest BCUT2D eigenvalue weighted by Crippen LogP contribution is -2.01. The summed E-state index contributed by atoms with van der Waals surface area (Å²) in [7, 11) is 0. The second kappa shape index (κ2) is 8.26. The van der Waals surface area contributed by atoms with Gasteiger partial charge in [-0.05, 0) is 18.6 Å². The van der Waals surface area contributed by atoms with Gasteiger partial charge in [-0.3, -0.25) is 9.98 Å². The molecule has 2 aromatic carbocycles. The minimum Gasteiger partial charge on any atom is -0.266 e. The molecule has 2 aromatic rings. The second-order valence-corrected chi connectivity index (χ2v) is 4.84. The lowest BCUT2D eigenvalue weighted by Gasteiger charge is -2.04. The molecule has 4 heteroatoms. The average molecular weight is 300 g/mol. The topological polar surface area (TPSA) is 72.3 Å². The molecule has 0 spiro atoms. The molecule has 0 amide bonds. The van der Waals surface area contributed by atoms with Crippen LogP contribution in [0.5, 0.6) is 0 Å². The van der Waals surface area contributed by atoms with E-state index in [2.05, 4.69) is 22.1 Å². The Hall–Kier alpha value is -3.24. The van der Waals surface area contributed by atoms with Gasteiger partial charge in [-0.15, -0.1) is 0 Å². The average Bonchev–Trinajstić information content (AvgIpc) is 2.62. The molecule has 0 aromatic heterocycles. The van der Waals surface area contributed by atoms with Crippen LogP contribution >= 0.6 is 0 Å². The zero-order valence-corrected chi connectivity index (χ0v) is 12.8. The van der Waals surface area contributed by atoms with E-state index < -0.39 is 0 Å². The van der Waals surface area contributed by atoms with Crippen molar-refractivity contribution in [2.24, 2.45) is 9.98 Å². The van der Waals surface area contributed by atoms with Gasteiger partial charge >= 0.3 is 0 Å². The van der Waals surface area contributed by atoms with E-state index in [1.807, 2.05) is 43.3 Å². The van der Waals surface area contributed by atoms with Gasteiger partial charge < -0.3 is 0 Å². The highest BCUT2D eigenvalue weighted by Gasteiger charge is 2.02. The highest BCUT2D eigenvalue weighted by Crippen LogP contribution is 2.08. The number of hydrogen-bond acceptors (Lipinski definition) is 4. The van der Waals surface area contributed by atoms with Gasteiger partial charge in [0.15, 0.2) is 0 Å². The molecule has 0 unspecified atom stereocenters. The van der Waals surface area contributed by atoms with E-state index in [1.54, 1.807) is 24.6 Å². The highest BCUT2D eigenvalue weighted by atomic mass is 15.0. The molecule has 112 valence electrons. The first-order valence-electron chi connectivity index (χ1n) is 7.33. The number of benzene rings is 2. The Morgan fingerprint density at radius 2 is 1.30 bits per heavy atom. The van der Waals surface area contributed by atoms with Crippen molar-refractivity contribution in [1.82, 2.24) is 0 Å². The maximum atomic E-state index is 9.08. The van der Waals surface area contributed by atoms with Crippen LogP contribution in [0.3, 0.4) is 0 Å². The van der Waals surface area contributed by atoms with Gasteiger partial charge in [-0.25, -0.2) is 0 Å². The molecule has 2 rings (SSSR count). The van der Waals surface area contributed by atoms with E-state index in [-0.39, 0.29) is 6.17 Å². The molecule has 0 fully saturated rings. The predicted octanol–water partition coefficient (Wildman–Crippen LogP) is 3.70. The molecule has 0 bridgehead atoms. The fourth-order valence-electron chi connectivity index (χ4n) is 2.00. The number of hydrogen-bond donors (Lipinski definition) is 0. The van der Waals surface area contributed by atoms with Gasteiger partial charge in [0, 0.05) is 23.6 Å². The Morgan fingerprint density at radius 1 is 0.870 bits per heavy atom. The molecule has 0 saturated heterocycles. The van der Waals surface area contributed by atoms with Crippen molar-refractivity contribution in [1.29, 1.82) is 10.5 Å². The molecule has 0 aliphatic rings. The van der Waals surface area contributed by atoms with Crippen molar-refractivity contribution in [3.8, 4) is 12.1 Å². The van der Waals surface area contributed by atoms with E-state index >= 15 is 0 Å². The Kier molecular flexibility index (Phi) is 5.80. The van der Waals surface area contributed by atoms with E-state index in [0.29, 0.717) is 11.1 Å². The maximum Gasteiger partial charge on any atom is 0.139 e. The minimum absolute atomic E-state index is 0.242. The predicted molar refractivity (Wildman–Crippen MR) is 91.6 cm³/mol. The normalized spacial score (nSPS) is 12.1. The summed E-state index contributed by atoms with van der Waals surface area (Å²) in [5.41, 5.74) is 2.73. The molecule has 23 heavy (non-hydrogen) atoms. The van der Waals surface area contributed by atoms with Gasteiger partial charge in [0.25, 0.3) is 0 Å². The summed E-state index contributed by atoms with van der Waals surface area (Å²) in [5, 5.41) is 18.2. The van der Waals surface area contributed by atoms with Crippen LogP contribution in [0.4, 0.5) is 0 Å². The quantitative estimate of drug-likeness (QED) is 0.790. The second-order valence-electron chi connectivity index (χ2n) is 4.84. The summed E-state index contributed by atoms with van der Waals surface area (Å²) in [5.74, 6) is 0. The molecule has 0 atom stereocenters. The summed E-state index contributed by atoms with van der Waals surface area (Å²) >= 11 is 0. The zero-order chi connectivity index (χ0) is 16.5. The van der Waals surface area contributed by atoms with Crippen LogP contribution in [-0.2, 0) is 0 Å². The minimum atomic E-state index is -0.242. The Bertz CT molecular complexity index is 739. The van der Waals surface area contributed by atoms with E-state index in [9.17, 15) is 0 Å². The van der Waals surface area contributed by atoms with Crippen molar-refractivity contribution in [3.05, 3.63) is 70.8 Å². The third-order valence-electron chi connectivity index (χ3n) is 3.30. The summed E-state index contributed by atoms with van der Waals surface area (Å²) in [6, 6.07) is 18.9. The van der Waals surface area contributed by atoms with Gasteiger partial charge in [-0.1, -0.05) is 43.3 Å². The van der Waals surface area contributed by atoms with Crippen LogP contribution < -0.4 is 0 Å². The number of nitrogens with zero attached hydrogens (tertiary/aromatic N) is 4. The Labute approximate surface area is 136 Å². The largest absolute Gasteiger partial charge is 0.266 e. The Morgan fingerprint density at radius 3 is 1.70 bits per heavy atom. The highest BCUT2D eigenvalue weighted by molar-refractivity contribution is 5.84. The number of nitriles is 2. The molecule has 0 N–H and O–H groups in total. The maximum absolute atomic E-state index is 9.08. The molecular weight excluding hydrogens is 284 g/mol. The third kappa shape index (κ3) is 4.36. The zero-order valence-electron chi connectivity index (χ0n) is 12.8. The van der Waals surface area contributed by atoms with Gasteiger partial charge in [0.2, 0.25) is 0 Å². The van der Waals surface area contributed by atoms with Crippen molar-refractivity contribution in [2.45, 2.75) is 19.5 Å². The van der Waals surface area contributed by atoms with Crippen LogP contribution in [-0.4, -0.2) is 18.6 Å². The molecule has 0 aliphatic heterocycles. The molecule has 0 aliphatic carbocycles. The summed E-state index contributed by atoms with van der Waals surface area (Å²) in [4.78, 5) is 8.87. The Balaban J connectivity index is 2.18. The van der Waals surface area contributed by atoms with Crippen LogP contribution in [0.25, 0.3) is 0 Å². The molecule has 0 heterocycles. The smallest absolute Gasteiger partial charge is 0.139 e. The molecule has 0 saturated carbocycles. The van der Waals surface area contributed by atoms with Gasteiger partial charge in [0.05, 0.1) is 23.3 Å².